The third-order valence-corrected chi connectivity index (χ3v) is 8.75. The second-order valence-electron chi connectivity index (χ2n) is 11.4. The van der Waals surface area contributed by atoms with Crippen molar-refractivity contribution >= 4 is 0 Å². The first kappa shape index (κ1) is 24.5. The quantitative estimate of drug-likeness (QED) is 0.490. The summed E-state index contributed by atoms with van der Waals surface area (Å²) in [4.78, 5) is 0. The second kappa shape index (κ2) is 9.37. The molecule has 0 aromatic heterocycles. The summed E-state index contributed by atoms with van der Waals surface area (Å²) in [6.07, 6.45) is 15.0. The average Bonchev–Trinajstić information content (AvgIpc) is 3.04. The highest BCUT2D eigenvalue weighted by atomic mass is 16.3. The number of aliphatic hydroxyl groups is 3. The van der Waals surface area contributed by atoms with E-state index in [-0.39, 0.29) is 5.92 Å². The van der Waals surface area contributed by atoms with Crippen molar-refractivity contribution in [1.82, 2.24) is 0 Å². The van der Waals surface area contributed by atoms with Gasteiger partial charge in [-0.05, 0) is 86.7 Å². The molecule has 0 aromatic rings. The second-order valence-corrected chi connectivity index (χ2v) is 11.4. The topological polar surface area (TPSA) is 60.7 Å². The molecule has 0 radical (unpaired) electrons. The predicted octanol–water partition coefficient (Wildman–Crippen LogP) is 5.73. The van der Waals surface area contributed by atoms with Crippen molar-refractivity contribution in [3.8, 4) is 0 Å². The van der Waals surface area contributed by atoms with Crippen molar-refractivity contribution in [2.45, 2.75) is 97.4 Å². The minimum atomic E-state index is -0.684. The van der Waals surface area contributed by atoms with Crippen LogP contribution in [0.25, 0.3) is 0 Å². The summed E-state index contributed by atoms with van der Waals surface area (Å²) in [6.45, 7) is 14.7. The first-order chi connectivity index (χ1) is 14.4. The van der Waals surface area contributed by atoms with Crippen LogP contribution in [0.1, 0.15) is 79.6 Å². The Morgan fingerprint density at radius 3 is 2.52 bits per heavy atom. The minimum absolute atomic E-state index is 0.141. The molecule has 3 nitrogen and oxygen atoms in total. The molecule has 174 valence electrons. The molecule has 3 heteroatoms. The molecule has 3 saturated carbocycles. The van der Waals surface area contributed by atoms with Crippen LogP contribution in [0.4, 0.5) is 0 Å². The number of hydrogen-bond donors (Lipinski definition) is 3. The van der Waals surface area contributed by atoms with Gasteiger partial charge in [-0.1, -0.05) is 57.2 Å². The molecule has 3 fully saturated rings. The highest BCUT2D eigenvalue weighted by molar-refractivity contribution is 5.38. The Bertz CT molecular complexity index is 753. The Morgan fingerprint density at radius 2 is 1.84 bits per heavy atom. The lowest BCUT2D eigenvalue weighted by atomic mass is 9.61. The van der Waals surface area contributed by atoms with Gasteiger partial charge < -0.3 is 15.3 Å². The summed E-state index contributed by atoms with van der Waals surface area (Å²) < 4.78 is 0. The van der Waals surface area contributed by atoms with E-state index in [2.05, 4.69) is 51.7 Å². The van der Waals surface area contributed by atoms with E-state index in [4.69, 9.17) is 0 Å². The Kier molecular flexibility index (Phi) is 7.40. The molecule has 0 heterocycles. The summed E-state index contributed by atoms with van der Waals surface area (Å²) in [5.41, 5.74) is 2.93. The predicted molar refractivity (Wildman–Crippen MR) is 128 cm³/mol. The maximum absolute atomic E-state index is 10.3. The molecule has 3 rings (SSSR count). The van der Waals surface area contributed by atoms with Crippen molar-refractivity contribution in [2.24, 2.45) is 29.1 Å². The molecule has 0 spiro atoms. The summed E-state index contributed by atoms with van der Waals surface area (Å²) >= 11 is 0. The standard InChI is InChI=1S/C28H44O3/c1-18(9-10-19(2)27(4,5)31)24-13-14-25-21(8-7-15-28(24,25)6)11-12-22-16-23(29)17-26(30)20(22)3/h9-12,18-19,23-26,29-31H,3,7-8,13-17H2,1-2,4-6H3/b10-9+,21-11+,22-12-/t18-,19-,23-,24-,25+,26?,28-/m1/s1. The van der Waals surface area contributed by atoms with Crippen LogP contribution < -0.4 is 0 Å². The molecule has 0 saturated heterocycles. The first-order valence-electron chi connectivity index (χ1n) is 12.3. The molecule has 7 atom stereocenters. The van der Waals surface area contributed by atoms with Crippen LogP contribution in [0.5, 0.6) is 0 Å². The Hall–Kier alpha value is -1.16. The van der Waals surface area contributed by atoms with Crippen LogP contribution in [-0.2, 0) is 0 Å². The van der Waals surface area contributed by atoms with Gasteiger partial charge >= 0.3 is 0 Å². The van der Waals surface area contributed by atoms with Crippen molar-refractivity contribution in [2.75, 3.05) is 0 Å². The molecular weight excluding hydrogens is 384 g/mol. The van der Waals surface area contributed by atoms with Crippen LogP contribution in [0.2, 0.25) is 0 Å². The zero-order chi connectivity index (χ0) is 23.0. The largest absolute Gasteiger partial charge is 0.393 e. The summed E-state index contributed by atoms with van der Waals surface area (Å²) in [5.74, 6) is 1.91. The van der Waals surface area contributed by atoms with Crippen LogP contribution in [-0.4, -0.2) is 33.1 Å². The smallest absolute Gasteiger partial charge is 0.0811 e. The van der Waals surface area contributed by atoms with Crippen molar-refractivity contribution in [3.05, 3.63) is 47.6 Å². The van der Waals surface area contributed by atoms with E-state index in [9.17, 15) is 15.3 Å². The fraction of sp³-hybridized carbons (Fsp3) is 0.714. The molecule has 1 unspecified atom stereocenters. The number of fused-ring (bicyclic) bond motifs is 1. The molecule has 3 aliphatic rings. The van der Waals surface area contributed by atoms with E-state index < -0.39 is 17.8 Å². The van der Waals surface area contributed by atoms with E-state index in [0.29, 0.717) is 36.0 Å². The molecule has 0 aliphatic heterocycles. The summed E-state index contributed by atoms with van der Waals surface area (Å²) in [6, 6.07) is 0. The van der Waals surface area contributed by atoms with E-state index >= 15 is 0 Å². The fourth-order valence-electron chi connectivity index (χ4n) is 6.32. The lowest BCUT2D eigenvalue weighted by Crippen LogP contribution is -2.35. The van der Waals surface area contributed by atoms with Gasteiger partial charge in [0.05, 0.1) is 17.8 Å². The van der Waals surface area contributed by atoms with Crippen LogP contribution in [0.3, 0.4) is 0 Å². The number of rotatable bonds is 5. The Morgan fingerprint density at radius 1 is 1.13 bits per heavy atom. The van der Waals surface area contributed by atoms with E-state index in [1.165, 1.54) is 31.3 Å². The Labute approximate surface area is 189 Å². The highest BCUT2D eigenvalue weighted by Crippen LogP contribution is 2.59. The molecule has 0 bridgehead atoms. The highest BCUT2D eigenvalue weighted by Gasteiger charge is 2.50. The third-order valence-electron chi connectivity index (χ3n) is 8.75. The average molecular weight is 429 g/mol. The van der Waals surface area contributed by atoms with Gasteiger partial charge in [-0.3, -0.25) is 0 Å². The van der Waals surface area contributed by atoms with Crippen LogP contribution >= 0.6 is 0 Å². The molecule has 0 amide bonds. The SMILES string of the molecule is C=C1/C(=C\C=C2/CCC[C@]3(C)[C@@H]([C@H](C)/C=C/[C@@H](C)C(C)(C)O)CC[C@@H]23)C[C@@H](O)CC1O. The van der Waals surface area contributed by atoms with E-state index in [1.807, 2.05) is 13.8 Å². The normalized spacial score (nSPS) is 39.3. The zero-order valence-corrected chi connectivity index (χ0v) is 20.3. The van der Waals surface area contributed by atoms with Crippen molar-refractivity contribution < 1.29 is 15.3 Å². The van der Waals surface area contributed by atoms with E-state index in [0.717, 1.165) is 17.6 Å². The van der Waals surface area contributed by atoms with Crippen molar-refractivity contribution in [3.63, 3.8) is 0 Å². The van der Waals surface area contributed by atoms with Crippen LogP contribution in [0.15, 0.2) is 47.6 Å². The van der Waals surface area contributed by atoms with Gasteiger partial charge in [-0.25, -0.2) is 0 Å². The molecule has 3 N–H and O–H groups in total. The maximum Gasteiger partial charge on any atom is 0.0811 e. The zero-order valence-electron chi connectivity index (χ0n) is 20.3. The first-order valence-corrected chi connectivity index (χ1v) is 12.3. The van der Waals surface area contributed by atoms with Gasteiger partial charge in [0, 0.05) is 12.3 Å². The van der Waals surface area contributed by atoms with Gasteiger partial charge in [-0.2, -0.15) is 0 Å². The molecule has 3 aliphatic carbocycles. The number of aliphatic hydroxyl groups excluding tert-OH is 2. The Balaban J connectivity index is 1.76. The lowest BCUT2D eigenvalue weighted by Gasteiger charge is -2.44. The minimum Gasteiger partial charge on any atom is -0.393 e. The van der Waals surface area contributed by atoms with Crippen molar-refractivity contribution in [1.29, 1.82) is 0 Å². The molecule has 0 aromatic carbocycles. The molecular formula is C28H44O3. The van der Waals surface area contributed by atoms with Gasteiger partial charge in [0.15, 0.2) is 0 Å². The van der Waals surface area contributed by atoms with Crippen LogP contribution in [0, 0.1) is 29.1 Å². The van der Waals surface area contributed by atoms with Gasteiger partial charge in [0.2, 0.25) is 0 Å². The molecule has 31 heavy (non-hydrogen) atoms. The monoisotopic (exact) mass is 428 g/mol. The van der Waals surface area contributed by atoms with E-state index in [1.54, 1.807) is 0 Å². The third kappa shape index (κ3) is 5.26. The number of hydrogen-bond acceptors (Lipinski definition) is 3. The fourth-order valence-corrected chi connectivity index (χ4v) is 6.32. The maximum atomic E-state index is 10.3. The summed E-state index contributed by atoms with van der Waals surface area (Å²) in [5, 5.41) is 30.4. The van der Waals surface area contributed by atoms with Gasteiger partial charge in [0.25, 0.3) is 0 Å². The number of allylic oxidation sites excluding steroid dienone is 4. The van der Waals surface area contributed by atoms with Gasteiger partial charge in [0.1, 0.15) is 0 Å². The lowest BCUT2D eigenvalue weighted by molar-refractivity contribution is 0.0436. The van der Waals surface area contributed by atoms with Gasteiger partial charge in [-0.15, -0.1) is 0 Å². The summed E-state index contributed by atoms with van der Waals surface area (Å²) in [7, 11) is 0.